The number of piperidine rings is 1. The van der Waals surface area contributed by atoms with E-state index >= 15 is 0 Å². The van der Waals surface area contributed by atoms with E-state index in [9.17, 15) is 19.5 Å². The predicted molar refractivity (Wildman–Crippen MR) is 70.2 cm³/mol. The number of aliphatic hydroxyl groups excluding tert-OH is 1. The molecule has 2 amide bonds. The van der Waals surface area contributed by atoms with Crippen molar-refractivity contribution in [2.75, 3.05) is 0 Å². The van der Waals surface area contributed by atoms with Crippen molar-refractivity contribution >= 4 is 17.6 Å². The second-order valence-corrected chi connectivity index (χ2v) is 4.96. The zero-order valence-electron chi connectivity index (χ0n) is 11.4. The number of nitrogens with one attached hydrogen (secondary N) is 1. The molecule has 1 saturated heterocycles. The molecule has 0 saturated carbocycles. The molecule has 0 aliphatic carbocycles. The van der Waals surface area contributed by atoms with E-state index in [0.29, 0.717) is 18.4 Å². The van der Waals surface area contributed by atoms with Gasteiger partial charge in [0, 0.05) is 18.8 Å². The largest absolute Gasteiger partial charge is 0.393 e. The fourth-order valence-electron chi connectivity index (χ4n) is 2.17. The third-order valence-electron chi connectivity index (χ3n) is 3.28. The monoisotopic (exact) mass is 267 g/mol. The molecule has 0 radical (unpaired) electrons. The number of Topliss-reactive ketones (excluding diaryl/α,β-unsaturated/α-hetero) is 1. The normalized spacial score (nSPS) is 22.1. The van der Waals surface area contributed by atoms with E-state index in [1.807, 2.05) is 13.0 Å². The highest BCUT2D eigenvalue weighted by molar-refractivity contribution is 5.98. The van der Waals surface area contributed by atoms with Gasteiger partial charge in [-0.2, -0.15) is 0 Å². The number of carbonyl (C=O) groups excluding carboxylic acids is 3. The second kappa shape index (κ2) is 7.19. The summed E-state index contributed by atoms with van der Waals surface area (Å²) in [6, 6.07) is 0. The van der Waals surface area contributed by atoms with Crippen LogP contribution in [0.4, 0.5) is 0 Å². The van der Waals surface area contributed by atoms with Crippen LogP contribution in [0.25, 0.3) is 0 Å². The summed E-state index contributed by atoms with van der Waals surface area (Å²) in [6.07, 6.45) is 2.76. The van der Waals surface area contributed by atoms with Gasteiger partial charge in [-0.1, -0.05) is 13.0 Å². The quantitative estimate of drug-likeness (QED) is 0.557. The molecule has 0 aromatic heterocycles. The molecule has 1 heterocycles. The summed E-state index contributed by atoms with van der Waals surface area (Å²) in [5.41, 5.74) is 0.643. The van der Waals surface area contributed by atoms with Crippen LogP contribution in [-0.4, -0.2) is 28.8 Å². The van der Waals surface area contributed by atoms with Gasteiger partial charge in [0.15, 0.2) is 5.78 Å². The van der Waals surface area contributed by atoms with Gasteiger partial charge in [-0.05, 0) is 31.8 Å². The number of allylic oxidation sites excluding steroid dienone is 2. The Bertz CT molecular complexity index is 400. The molecule has 5 heteroatoms. The van der Waals surface area contributed by atoms with Crippen molar-refractivity contribution in [3.63, 3.8) is 0 Å². The molecule has 5 nitrogen and oxygen atoms in total. The Kier molecular flexibility index (Phi) is 5.89. The Hall–Kier alpha value is -1.49. The first-order chi connectivity index (χ1) is 8.93. The van der Waals surface area contributed by atoms with E-state index in [1.54, 1.807) is 6.92 Å². The highest BCUT2D eigenvalue weighted by Gasteiger charge is 2.29. The summed E-state index contributed by atoms with van der Waals surface area (Å²) >= 11 is 0. The topological polar surface area (TPSA) is 83.5 Å². The SMILES string of the molecule is CC/C=C(\C)C(=O)C[C@H](O)C[C@H]1CCC(=O)NC1=O. The summed E-state index contributed by atoms with van der Waals surface area (Å²) in [5.74, 6) is -1.09. The number of hydrogen-bond acceptors (Lipinski definition) is 4. The standard InChI is InChI=1S/C14H21NO4/c1-3-4-9(2)12(17)8-11(16)7-10-5-6-13(18)15-14(10)19/h4,10-11,16H,3,5-8H2,1-2H3,(H,15,18,19)/b9-4+/t10-,11-/m1/s1. The summed E-state index contributed by atoms with van der Waals surface area (Å²) in [7, 11) is 0. The van der Waals surface area contributed by atoms with E-state index in [-0.39, 0.29) is 36.4 Å². The molecule has 0 spiro atoms. The molecule has 0 bridgehead atoms. The smallest absolute Gasteiger partial charge is 0.229 e. The number of amides is 2. The third-order valence-corrected chi connectivity index (χ3v) is 3.28. The summed E-state index contributed by atoms with van der Waals surface area (Å²) in [5, 5.41) is 12.1. The van der Waals surface area contributed by atoms with E-state index in [0.717, 1.165) is 6.42 Å². The number of hydrogen-bond donors (Lipinski definition) is 2. The van der Waals surface area contributed by atoms with Crippen LogP contribution in [-0.2, 0) is 14.4 Å². The molecular weight excluding hydrogens is 246 g/mol. The maximum atomic E-state index is 11.7. The van der Waals surface area contributed by atoms with Crippen molar-refractivity contribution in [1.82, 2.24) is 5.32 Å². The number of carbonyl (C=O) groups is 3. The van der Waals surface area contributed by atoms with Gasteiger partial charge in [0.2, 0.25) is 11.8 Å². The van der Waals surface area contributed by atoms with Crippen molar-refractivity contribution in [2.24, 2.45) is 5.92 Å². The van der Waals surface area contributed by atoms with Crippen LogP contribution in [0.3, 0.4) is 0 Å². The van der Waals surface area contributed by atoms with Crippen molar-refractivity contribution in [1.29, 1.82) is 0 Å². The van der Waals surface area contributed by atoms with Crippen molar-refractivity contribution in [2.45, 2.75) is 52.1 Å². The molecule has 2 N–H and O–H groups in total. The van der Waals surface area contributed by atoms with Gasteiger partial charge in [-0.3, -0.25) is 19.7 Å². The molecule has 0 aromatic carbocycles. The predicted octanol–water partition coefficient (Wildman–Crippen LogP) is 1.11. The molecule has 1 rings (SSSR count). The molecule has 106 valence electrons. The fourth-order valence-corrected chi connectivity index (χ4v) is 2.17. The van der Waals surface area contributed by atoms with Crippen LogP contribution in [0.15, 0.2) is 11.6 Å². The van der Waals surface area contributed by atoms with Gasteiger partial charge >= 0.3 is 0 Å². The summed E-state index contributed by atoms with van der Waals surface area (Å²) in [6.45, 7) is 3.67. The van der Waals surface area contributed by atoms with Crippen LogP contribution < -0.4 is 5.32 Å². The van der Waals surface area contributed by atoms with Crippen molar-refractivity contribution in [3.8, 4) is 0 Å². The molecular formula is C14H21NO4. The number of imide groups is 1. The third kappa shape index (κ3) is 4.95. The minimum atomic E-state index is -0.836. The molecule has 1 aliphatic rings. The Morgan fingerprint density at radius 2 is 2.21 bits per heavy atom. The van der Waals surface area contributed by atoms with Gasteiger partial charge in [0.25, 0.3) is 0 Å². The molecule has 0 aromatic rings. The van der Waals surface area contributed by atoms with Crippen LogP contribution in [0, 0.1) is 5.92 Å². The number of ketones is 1. The Balaban J connectivity index is 2.45. The lowest BCUT2D eigenvalue weighted by Gasteiger charge is -2.22. The van der Waals surface area contributed by atoms with Crippen molar-refractivity contribution < 1.29 is 19.5 Å². The Morgan fingerprint density at radius 1 is 1.53 bits per heavy atom. The second-order valence-electron chi connectivity index (χ2n) is 4.96. The zero-order valence-corrected chi connectivity index (χ0v) is 11.4. The van der Waals surface area contributed by atoms with Gasteiger partial charge < -0.3 is 5.11 Å². The lowest BCUT2D eigenvalue weighted by molar-refractivity contribution is -0.137. The maximum Gasteiger partial charge on any atom is 0.229 e. The van der Waals surface area contributed by atoms with Gasteiger partial charge in [-0.25, -0.2) is 0 Å². The first kappa shape index (κ1) is 15.6. The fraction of sp³-hybridized carbons (Fsp3) is 0.643. The van der Waals surface area contributed by atoms with Gasteiger partial charge in [0.05, 0.1) is 6.10 Å². The van der Waals surface area contributed by atoms with Gasteiger partial charge in [0.1, 0.15) is 0 Å². The zero-order chi connectivity index (χ0) is 14.4. The van der Waals surface area contributed by atoms with E-state index in [4.69, 9.17) is 0 Å². The minimum Gasteiger partial charge on any atom is -0.393 e. The maximum absolute atomic E-state index is 11.7. The summed E-state index contributed by atoms with van der Waals surface area (Å²) in [4.78, 5) is 34.2. The lowest BCUT2D eigenvalue weighted by atomic mass is 9.90. The minimum absolute atomic E-state index is 0.0278. The number of rotatable bonds is 6. The molecule has 1 aliphatic heterocycles. The summed E-state index contributed by atoms with van der Waals surface area (Å²) < 4.78 is 0. The Labute approximate surface area is 113 Å². The van der Waals surface area contributed by atoms with Crippen molar-refractivity contribution in [3.05, 3.63) is 11.6 Å². The van der Waals surface area contributed by atoms with Crippen LogP contribution in [0.5, 0.6) is 0 Å². The van der Waals surface area contributed by atoms with Gasteiger partial charge in [-0.15, -0.1) is 0 Å². The molecule has 19 heavy (non-hydrogen) atoms. The first-order valence-electron chi connectivity index (χ1n) is 6.65. The molecule has 0 unspecified atom stereocenters. The Morgan fingerprint density at radius 3 is 2.79 bits per heavy atom. The lowest BCUT2D eigenvalue weighted by Crippen LogP contribution is -2.42. The average molecular weight is 267 g/mol. The van der Waals surface area contributed by atoms with E-state index in [2.05, 4.69) is 5.32 Å². The molecule has 2 atom stereocenters. The highest BCUT2D eigenvalue weighted by atomic mass is 16.3. The van der Waals surface area contributed by atoms with Crippen LogP contribution in [0.1, 0.15) is 46.0 Å². The van der Waals surface area contributed by atoms with Crippen LogP contribution >= 0.6 is 0 Å². The first-order valence-corrected chi connectivity index (χ1v) is 6.65. The average Bonchev–Trinajstić information content (AvgIpc) is 2.33. The van der Waals surface area contributed by atoms with Crippen LogP contribution in [0.2, 0.25) is 0 Å². The highest BCUT2D eigenvalue weighted by Crippen LogP contribution is 2.20. The van der Waals surface area contributed by atoms with E-state index in [1.165, 1.54) is 0 Å². The number of aliphatic hydroxyl groups is 1. The molecule has 1 fully saturated rings. The van der Waals surface area contributed by atoms with E-state index < -0.39 is 6.10 Å².